The van der Waals surface area contributed by atoms with Crippen molar-refractivity contribution in [2.24, 2.45) is 11.7 Å². The Bertz CT molecular complexity index is 665. The maximum absolute atomic E-state index is 12.8. The minimum absolute atomic E-state index is 0.265. The van der Waals surface area contributed by atoms with Crippen LogP contribution in [0.25, 0.3) is 0 Å². The highest BCUT2D eigenvalue weighted by atomic mass is 16.4. The van der Waals surface area contributed by atoms with Gasteiger partial charge in [0.1, 0.15) is 18.6 Å². The van der Waals surface area contributed by atoms with Gasteiger partial charge in [-0.1, -0.05) is 13.8 Å². The van der Waals surface area contributed by atoms with Gasteiger partial charge in [0.15, 0.2) is 0 Å². The Morgan fingerprint density at radius 3 is 2.31 bits per heavy atom. The average molecular weight is 457 g/mol. The van der Waals surface area contributed by atoms with Gasteiger partial charge in [0, 0.05) is 0 Å². The summed E-state index contributed by atoms with van der Waals surface area (Å²) in [6, 6.07) is -2.21. The number of carbonyl (C=O) groups is 5. The molecular formula is C20H36N6O6. The second-order valence-electron chi connectivity index (χ2n) is 8.11. The molecule has 3 atom stereocenters. The number of hydrogen-bond acceptors (Lipinski definition) is 7. The molecule has 32 heavy (non-hydrogen) atoms. The van der Waals surface area contributed by atoms with Gasteiger partial charge < -0.3 is 37.4 Å². The molecule has 1 aliphatic rings. The first kappa shape index (κ1) is 27.3. The molecule has 8 N–H and O–H groups in total. The van der Waals surface area contributed by atoms with E-state index in [2.05, 4.69) is 26.6 Å². The Labute approximate surface area is 187 Å². The number of carboxylic acids is 1. The number of aliphatic carboxylic acids is 1. The highest BCUT2D eigenvalue weighted by molar-refractivity contribution is 5.94. The fourth-order valence-electron chi connectivity index (χ4n) is 3.27. The number of unbranched alkanes of at least 4 members (excludes halogenated alkanes) is 1. The summed E-state index contributed by atoms with van der Waals surface area (Å²) in [6.45, 7) is 3.81. The molecule has 1 aliphatic heterocycles. The van der Waals surface area contributed by atoms with Crippen LogP contribution < -0.4 is 32.3 Å². The lowest BCUT2D eigenvalue weighted by Crippen LogP contribution is -2.57. The fraction of sp³-hybridized carbons (Fsp3) is 0.750. The molecule has 1 rings (SSSR count). The Hall–Kier alpha value is -2.73. The van der Waals surface area contributed by atoms with Crippen LogP contribution in [0.4, 0.5) is 0 Å². The fourth-order valence-corrected chi connectivity index (χ4v) is 3.27. The lowest BCUT2D eigenvalue weighted by molar-refractivity contribution is -0.138. The lowest BCUT2D eigenvalue weighted by Gasteiger charge is -2.25. The van der Waals surface area contributed by atoms with Crippen LogP contribution in [0.2, 0.25) is 0 Å². The number of carbonyl (C=O) groups excluding carboxylic acids is 4. The predicted octanol–water partition coefficient (Wildman–Crippen LogP) is -2.19. The van der Waals surface area contributed by atoms with Crippen molar-refractivity contribution >= 4 is 29.6 Å². The topological polar surface area (TPSA) is 192 Å². The smallest absolute Gasteiger partial charge is 0.322 e. The highest BCUT2D eigenvalue weighted by Gasteiger charge is 2.29. The normalized spacial score (nSPS) is 17.3. The van der Waals surface area contributed by atoms with Gasteiger partial charge in [-0.25, -0.2) is 0 Å². The van der Waals surface area contributed by atoms with E-state index in [4.69, 9.17) is 10.8 Å². The van der Waals surface area contributed by atoms with Crippen molar-refractivity contribution in [1.29, 1.82) is 0 Å². The molecule has 0 spiro atoms. The van der Waals surface area contributed by atoms with Crippen LogP contribution in [0.15, 0.2) is 0 Å². The van der Waals surface area contributed by atoms with Crippen LogP contribution in [-0.2, 0) is 24.0 Å². The van der Waals surface area contributed by atoms with E-state index in [1.807, 2.05) is 0 Å². The van der Waals surface area contributed by atoms with E-state index < -0.39 is 42.3 Å². The van der Waals surface area contributed by atoms with Crippen LogP contribution in [0.3, 0.4) is 0 Å². The number of nitrogens with one attached hydrogen (secondary N) is 5. The molecule has 0 saturated carbocycles. The van der Waals surface area contributed by atoms with Crippen molar-refractivity contribution in [2.75, 3.05) is 26.2 Å². The molecule has 0 aliphatic carbocycles. The van der Waals surface area contributed by atoms with Crippen LogP contribution in [-0.4, -0.2) is 79.0 Å². The summed E-state index contributed by atoms with van der Waals surface area (Å²) in [5.41, 5.74) is 5.48. The highest BCUT2D eigenvalue weighted by Crippen LogP contribution is 2.07. The third-order valence-electron chi connectivity index (χ3n) is 5.06. The molecular weight excluding hydrogens is 420 g/mol. The number of carboxylic acid groups (broad SMARTS) is 1. The van der Waals surface area contributed by atoms with Crippen molar-refractivity contribution in [1.82, 2.24) is 26.6 Å². The first-order chi connectivity index (χ1) is 15.1. The van der Waals surface area contributed by atoms with Gasteiger partial charge >= 0.3 is 5.97 Å². The minimum atomic E-state index is -1.20. The van der Waals surface area contributed by atoms with Crippen molar-refractivity contribution in [3.05, 3.63) is 0 Å². The Morgan fingerprint density at radius 1 is 1.03 bits per heavy atom. The van der Waals surface area contributed by atoms with E-state index in [9.17, 15) is 24.0 Å². The zero-order valence-corrected chi connectivity index (χ0v) is 18.7. The second-order valence-corrected chi connectivity index (χ2v) is 8.11. The van der Waals surface area contributed by atoms with Crippen molar-refractivity contribution in [2.45, 2.75) is 64.1 Å². The number of amides is 4. The number of hydrogen-bond donors (Lipinski definition) is 7. The zero-order valence-electron chi connectivity index (χ0n) is 18.7. The van der Waals surface area contributed by atoms with Gasteiger partial charge in [-0.3, -0.25) is 24.0 Å². The van der Waals surface area contributed by atoms with Crippen LogP contribution in [0.5, 0.6) is 0 Å². The van der Waals surface area contributed by atoms with Gasteiger partial charge in [-0.15, -0.1) is 0 Å². The summed E-state index contributed by atoms with van der Waals surface area (Å²) in [6.07, 6.45) is 3.07. The molecule has 0 radical (unpaired) electrons. The summed E-state index contributed by atoms with van der Waals surface area (Å²) in [5, 5.41) is 21.8. The van der Waals surface area contributed by atoms with Gasteiger partial charge in [0.05, 0.1) is 12.6 Å². The van der Waals surface area contributed by atoms with Crippen LogP contribution >= 0.6 is 0 Å². The molecule has 0 bridgehead atoms. The van der Waals surface area contributed by atoms with Gasteiger partial charge in [-0.2, -0.15) is 0 Å². The largest absolute Gasteiger partial charge is 0.480 e. The van der Waals surface area contributed by atoms with E-state index in [1.165, 1.54) is 0 Å². The molecule has 1 fully saturated rings. The molecule has 0 aromatic rings. The SMILES string of the molecule is CC(C)[C@H](NC(=O)CNC(=O)[C@@H]1CCCN1)C(=O)N[C@@H](CCCCN)C(=O)NCC(=O)O. The van der Waals surface area contributed by atoms with Crippen molar-refractivity contribution < 1.29 is 29.1 Å². The third-order valence-corrected chi connectivity index (χ3v) is 5.06. The predicted molar refractivity (Wildman–Crippen MR) is 116 cm³/mol. The standard InChI is InChI=1S/C20H36N6O6/c1-12(2)17(26-15(27)10-23-18(30)13-7-5-9-22-13)20(32)25-14(6-3-4-8-21)19(31)24-11-16(28)29/h12-14,17,22H,3-11,21H2,1-2H3,(H,23,30)(H,24,31)(H,25,32)(H,26,27)(H,28,29)/t13-,14-,17-/m0/s1. The van der Waals surface area contributed by atoms with E-state index in [1.54, 1.807) is 13.8 Å². The van der Waals surface area contributed by atoms with Crippen molar-refractivity contribution in [3.63, 3.8) is 0 Å². The van der Waals surface area contributed by atoms with Crippen molar-refractivity contribution in [3.8, 4) is 0 Å². The first-order valence-corrected chi connectivity index (χ1v) is 11.0. The summed E-state index contributed by atoms with van der Waals surface area (Å²) in [7, 11) is 0. The van der Waals surface area contributed by atoms with Gasteiger partial charge in [0.2, 0.25) is 23.6 Å². The molecule has 182 valence electrons. The second kappa shape index (κ2) is 14.4. The molecule has 0 unspecified atom stereocenters. The Balaban J connectivity index is 2.66. The summed E-state index contributed by atoms with van der Waals surface area (Å²) in [5.74, 6) is -3.48. The minimum Gasteiger partial charge on any atom is -0.480 e. The first-order valence-electron chi connectivity index (χ1n) is 11.0. The average Bonchev–Trinajstić information content (AvgIpc) is 3.28. The lowest BCUT2D eigenvalue weighted by atomic mass is 10.0. The Morgan fingerprint density at radius 2 is 1.75 bits per heavy atom. The molecule has 4 amide bonds. The zero-order chi connectivity index (χ0) is 24.1. The summed E-state index contributed by atoms with van der Waals surface area (Å²) >= 11 is 0. The summed E-state index contributed by atoms with van der Waals surface area (Å²) in [4.78, 5) is 60.2. The molecule has 1 heterocycles. The quantitative estimate of drug-likeness (QED) is 0.143. The monoisotopic (exact) mass is 456 g/mol. The molecule has 12 heteroatoms. The van der Waals surface area contributed by atoms with E-state index in [0.717, 1.165) is 13.0 Å². The molecule has 12 nitrogen and oxygen atoms in total. The van der Waals surface area contributed by atoms with E-state index in [0.29, 0.717) is 25.8 Å². The van der Waals surface area contributed by atoms with Gasteiger partial charge in [-0.05, 0) is 51.1 Å². The number of rotatable bonds is 14. The van der Waals surface area contributed by atoms with Crippen LogP contribution in [0, 0.1) is 5.92 Å². The molecule has 0 aromatic carbocycles. The molecule has 1 saturated heterocycles. The summed E-state index contributed by atoms with van der Waals surface area (Å²) < 4.78 is 0. The number of nitrogens with two attached hydrogens (primary N) is 1. The van der Waals surface area contributed by atoms with E-state index >= 15 is 0 Å². The third kappa shape index (κ3) is 10.1. The maximum Gasteiger partial charge on any atom is 0.322 e. The Kier molecular flexibility index (Phi) is 12.2. The van der Waals surface area contributed by atoms with E-state index in [-0.39, 0.29) is 30.8 Å². The maximum atomic E-state index is 12.8. The van der Waals surface area contributed by atoms with Gasteiger partial charge in [0.25, 0.3) is 0 Å². The van der Waals surface area contributed by atoms with Crippen LogP contribution in [0.1, 0.15) is 46.0 Å². The molecule has 0 aromatic heterocycles.